The fraction of sp³-hybridized carbons (Fsp3) is 0.294. The minimum atomic E-state index is -4.51. The van der Waals surface area contributed by atoms with Crippen LogP contribution in [0.1, 0.15) is 25.8 Å². The van der Waals surface area contributed by atoms with Crippen LogP contribution in [0.25, 0.3) is 11.1 Å². The molecule has 0 unspecified atom stereocenters. The summed E-state index contributed by atoms with van der Waals surface area (Å²) in [7, 11) is -8.73. The number of benzene rings is 1. The summed E-state index contributed by atoms with van der Waals surface area (Å²) in [6.07, 6.45) is 1.94. The number of hydrogen-bond donors (Lipinski definition) is 3. The molecular formula is C17H21N7O4S2. The fourth-order valence-electron chi connectivity index (χ4n) is 2.85. The Morgan fingerprint density at radius 1 is 1.17 bits per heavy atom. The van der Waals surface area contributed by atoms with E-state index in [2.05, 4.69) is 24.9 Å². The highest BCUT2D eigenvalue weighted by Gasteiger charge is 2.33. The number of nitrogens with two attached hydrogens (primary N) is 2. The number of aromatic nitrogens is 1. The van der Waals surface area contributed by atoms with Crippen molar-refractivity contribution in [2.75, 3.05) is 12.4 Å². The van der Waals surface area contributed by atoms with Gasteiger partial charge in [0.05, 0.1) is 5.56 Å². The van der Waals surface area contributed by atoms with Crippen LogP contribution in [0.3, 0.4) is 0 Å². The monoisotopic (exact) mass is 451 g/mol. The van der Waals surface area contributed by atoms with Gasteiger partial charge in [-0.05, 0) is 37.1 Å². The molecule has 0 fully saturated rings. The second-order valence-electron chi connectivity index (χ2n) is 6.63. The smallest absolute Gasteiger partial charge is 0.242 e. The Hall–Kier alpha value is -2.74. The van der Waals surface area contributed by atoms with E-state index in [-0.39, 0.29) is 23.9 Å². The first-order valence-electron chi connectivity index (χ1n) is 8.91. The van der Waals surface area contributed by atoms with E-state index in [9.17, 15) is 16.8 Å². The number of hydrogen-bond acceptors (Lipinski definition) is 9. The molecule has 2 heterocycles. The molecular weight excluding hydrogens is 430 g/mol. The van der Waals surface area contributed by atoms with Crippen LogP contribution in [0.2, 0.25) is 0 Å². The standard InChI is InChI=1S/C17H21N7O4S2/c1-3-10(2)24-30(27,28)13-6-5-12(11-4-7-14(18)20-8-11)15(16(13)29(19,25)26)17-21-9-22-23-17/h4-8,10,24H,3,9H2,1-2H3,(H2,18,20)(H2,19,25,26)/t10-/m1/s1. The van der Waals surface area contributed by atoms with Gasteiger partial charge in [-0.1, -0.05) is 13.0 Å². The predicted octanol–water partition coefficient (Wildman–Crippen LogP) is 1.22. The van der Waals surface area contributed by atoms with Gasteiger partial charge in [0.25, 0.3) is 0 Å². The zero-order chi connectivity index (χ0) is 22.1. The Morgan fingerprint density at radius 2 is 1.90 bits per heavy atom. The maximum atomic E-state index is 13.0. The van der Waals surface area contributed by atoms with E-state index in [0.29, 0.717) is 17.5 Å². The average molecular weight is 452 g/mol. The van der Waals surface area contributed by atoms with Gasteiger partial charge in [-0.25, -0.2) is 36.7 Å². The number of rotatable bonds is 7. The highest BCUT2D eigenvalue weighted by Crippen LogP contribution is 2.35. The Labute approximate surface area is 174 Å². The van der Waals surface area contributed by atoms with E-state index < -0.39 is 35.9 Å². The van der Waals surface area contributed by atoms with E-state index in [4.69, 9.17) is 10.9 Å². The molecule has 2 aromatic rings. The van der Waals surface area contributed by atoms with Crippen molar-refractivity contribution in [2.24, 2.45) is 20.4 Å². The lowest BCUT2D eigenvalue weighted by Gasteiger charge is -2.18. The second kappa shape index (κ2) is 8.18. The average Bonchev–Trinajstić information content (AvgIpc) is 3.21. The third-order valence-corrected chi connectivity index (χ3v) is 7.19. The highest BCUT2D eigenvalue weighted by atomic mass is 32.2. The Morgan fingerprint density at radius 3 is 2.43 bits per heavy atom. The maximum absolute atomic E-state index is 13.0. The topological polar surface area (TPSA) is 182 Å². The van der Waals surface area contributed by atoms with Crippen LogP contribution in [-0.4, -0.2) is 40.4 Å². The molecule has 1 atom stereocenters. The van der Waals surface area contributed by atoms with Crippen molar-refractivity contribution in [1.29, 1.82) is 0 Å². The van der Waals surface area contributed by atoms with Gasteiger partial charge in [-0.2, -0.15) is 5.11 Å². The number of azo groups is 1. The number of nitrogens with zero attached hydrogens (tertiary/aromatic N) is 4. The van der Waals surface area contributed by atoms with Crippen LogP contribution in [0, 0.1) is 0 Å². The van der Waals surface area contributed by atoms with Gasteiger partial charge >= 0.3 is 0 Å². The van der Waals surface area contributed by atoms with Gasteiger partial charge in [0.1, 0.15) is 15.6 Å². The van der Waals surface area contributed by atoms with Gasteiger partial charge in [-0.15, -0.1) is 5.11 Å². The van der Waals surface area contributed by atoms with Crippen LogP contribution in [-0.2, 0) is 20.0 Å². The van der Waals surface area contributed by atoms with Crippen molar-refractivity contribution >= 4 is 31.7 Å². The zero-order valence-electron chi connectivity index (χ0n) is 16.3. The molecule has 0 aliphatic carbocycles. The van der Waals surface area contributed by atoms with Crippen LogP contribution in [0.15, 0.2) is 55.5 Å². The lowest BCUT2D eigenvalue weighted by atomic mass is 10.00. The lowest BCUT2D eigenvalue weighted by molar-refractivity contribution is 0.551. The summed E-state index contributed by atoms with van der Waals surface area (Å²) in [5.74, 6) is 0.230. The van der Waals surface area contributed by atoms with Crippen molar-refractivity contribution in [3.63, 3.8) is 0 Å². The van der Waals surface area contributed by atoms with Crippen molar-refractivity contribution in [3.05, 3.63) is 36.0 Å². The summed E-state index contributed by atoms with van der Waals surface area (Å²) in [4.78, 5) is 7.00. The maximum Gasteiger partial charge on any atom is 0.242 e. The predicted molar refractivity (Wildman–Crippen MR) is 112 cm³/mol. The van der Waals surface area contributed by atoms with E-state index >= 15 is 0 Å². The summed E-state index contributed by atoms with van der Waals surface area (Å²) in [6.45, 7) is 3.45. The summed E-state index contributed by atoms with van der Waals surface area (Å²) >= 11 is 0. The van der Waals surface area contributed by atoms with Crippen molar-refractivity contribution < 1.29 is 16.8 Å². The third kappa shape index (κ3) is 4.38. The fourth-order valence-corrected chi connectivity index (χ4v) is 5.78. The third-order valence-electron chi connectivity index (χ3n) is 4.43. The molecule has 1 aliphatic heterocycles. The molecule has 0 radical (unpaired) electrons. The summed E-state index contributed by atoms with van der Waals surface area (Å²) < 4.78 is 53.6. The van der Waals surface area contributed by atoms with Crippen LogP contribution < -0.4 is 15.6 Å². The SMILES string of the molecule is CC[C@@H](C)NS(=O)(=O)c1ccc(-c2ccc(N)nc2)c(C2=NCN=N2)c1S(N)(=O)=O. The van der Waals surface area contributed by atoms with Gasteiger partial charge < -0.3 is 5.73 Å². The van der Waals surface area contributed by atoms with Crippen molar-refractivity contribution in [3.8, 4) is 11.1 Å². The van der Waals surface area contributed by atoms with Gasteiger partial charge in [-0.3, -0.25) is 0 Å². The van der Waals surface area contributed by atoms with Crippen LogP contribution in [0.4, 0.5) is 5.82 Å². The summed E-state index contributed by atoms with van der Waals surface area (Å²) in [5.41, 5.74) is 6.38. The number of pyridine rings is 1. The molecule has 0 bridgehead atoms. The summed E-state index contributed by atoms with van der Waals surface area (Å²) in [6, 6.07) is 5.37. The largest absolute Gasteiger partial charge is 0.384 e. The van der Waals surface area contributed by atoms with Crippen molar-refractivity contribution in [2.45, 2.75) is 36.1 Å². The number of aliphatic imine (C=N–C) groups is 1. The molecule has 5 N–H and O–H groups in total. The Balaban J connectivity index is 2.39. The quantitative estimate of drug-likeness (QED) is 0.568. The molecule has 0 spiro atoms. The minimum Gasteiger partial charge on any atom is -0.384 e. The molecule has 1 aliphatic rings. The number of anilines is 1. The van der Waals surface area contributed by atoms with Crippen molar-refractivity contribution in [1.82, 2.24) is 9.71 Å². The molecule has 1 aromatic carbocycles. The van der Waals surface area contributed by atoms with E-state index in [1.807, 2.05) is 0 Å². The Kier molecular flexibility index (Phi) is 5.99. The van der Waals surface area contributed by atoms with E-state index in [0.717, 1.165) is 0 Å². The molecule has 13 heteroatoms. The Bertz CT molecular complexity index is 1240. The molecule has 3 rings (SSSR count). The molecule has 0 amide bonds. The summed E-state index contributed by atoms with van der Waals surface area (Å²) in [5, 5.41) is 13.1. The van der Waals surface area contributed by atoms with Gasteiger partial charge in [0, 0.05) is 17.8 Å². The highest BCUT2D eigenvalue weighted by molar-refractivity contribution is 7.92. The molecule has 160 valence electrons. The normalized spacial score (nSPS) is 15.2. The first-order valence-corrected chi connectivity index (χ1v) is 11.9. The first-order chi connectivity index (χ1) is 14.0. The molecule has 0 saturated heterocycles. The minimum absolute atomic E-state index is 0.0130. The second-order valence-corrected chi connectivity index (χ2v) is 9.81. The number of nitrogen functional groups attached to an aromatic ring is 1. The number of primary sulfonamides is 1. The molecule has 30 heavy (non-hydrogen) atoms. The van der Waals surface area contributed by atoms with Crippen LogP contribution >= 0.6 is 0 Å². The van der Waals surface area contributed by atoms with Gasteiger partial charge in [0.15, 0.2) is 12.5 Å². The number of nitrogens with one attached hydrogen (secondary N) is 1. The van der Waals surface area contributed by atoms with E-state index in [1.54, 1.807) is 19.9 Å². The number of amidine groups is 1. The first kappa shape index (κ1) is 22.0. The molecule has 0 saturated carbocycles. The number of sulfonamides is 2. The van der Waals surface area contributed by atoms with Crippen LogP contribution in [0.5, 0.6) is 0 Å². The zero-order valence-corrected chi connectivity index (χ0v) is 17.9. The molecule has 1 aromatic heterocycles. The van der Waals surface area contributed by atoms with E-state index in [1.165, 1.54) is 24.4 Å². The lowest BCUT2D eigenvalue weighted by Crippen LogP contribution is -2.34. The molecule has 11 nitrogen and oxygen atoms in total. The van der Waals surface area contributed by atoms with Gasteiger partial charge in [0.2, 0.25) is 20.0 Å².